The van der Waals surface area contributed by atoms with Crippen molar-refractivity contribution < 1.29 is 13.5 Å². The third-order valence-corrected chi connectivity index (χ3v) is 9.62. The highest BCUT2D eigenvalue weighted by atomic mass is 79.9. The lowest BCUT2D eigenvalue weighted by atomic mass is 10.1. The van der Waals surface area contributed by atoms with E-state index in [1.165, 1.54) is 18.2 Å². The molecule has 3 aromatic carbocycles. The molecule has 2 aromatic heterocycles. The van der Waals surface area contributed by atoms with Gasteiger partial charge in [0.05, 0.1) is 11.7 Å². The minimum atomic E-state index is -0.443. The Hall–Kier alpha value is -2.75. The number of fused-ring (bicyclic) bond motifs is 8. The number of aryl methyl sites for hydroxylation is 1. The van der Waals surface area contributed by atoms with Crippen LogP contribution in [0.25, 0.3) is 22.2 Å². The van der Waals surface area contributed by atoms with E-state index in [2.05, 4.69) is 33.0 Å². The number of hydrogen-bond acceptors (Lipinski definition) is 4. The van der Waals surface area contributed by atoms with E-state index in [9.17, 15) is 0 Å². The van der Waals surface area contributed by atoms with E-state index in [1.807, 2.05) is 64.9 Å². The molecule has 0 spiro atoms. The molecule has 6 rings (SSSR count). The lowest BCUT2D eigenvalue weighted by Gasteiger charge is -2.19. The second kappa shape index (κ2) is 11.8. The maximum atomic E-state index is 15.3. The number of aromatic amines is 1. The molecule has 39 heavy (non-hydrogen) atoms. The third-order valence-electron chi connectivity index (χ3n) is 6.87. The summed E-state index contributed by atoms with van der Waals surface area (Å²) in [5.41, 5.74) is 3.52. The fraction of sp³-hybridized carbons (Fsp3) is 0.233. The van der Waals surface area contributed by atoms with Gasteiger partial charge in [0, 0.05) is 56.5 Å². The molecule has 5 aromatic rings. The lowest BCUT2D eigenvalue weighted by molar-refractivity contribution is 0.437. The van der Waals surface area contributed by atoms with Gasteiger partial charge in [0.2, 0.25) is 0 Å². The Kier molecular flexibility index (Phi) is 7.99. The molecule has 1 atom stereocenters. The van der Waals surface area contributed by atoms with Gasteiger partial charge in [0.15, 0.2) is 11.6 Å². The first-order valence-corrected chi connectivity index (χ1v) is 15.9. The summed E-state index contributed by atoms with van der Waals surface area (Å²) in [6, 6.07) is 18.0. The molecule has 0 amide bonds. The molecule has 0 fully saturated rings. The van der Waals surface area contributed by atoms with Crippen molar-refractivity contribution in [2.45, 2.75) is 18.9 Å². The van der Waals surface area contributed by atoms with E-state index in [4.69, 9.17) is 9.84 Å². The predicted molar refractivity (Wildman–Crippen MR) is 161 cm³/mol. The van der Waals surface area contributed by atoms with Gasteiger partial charge in [-0.05, 0) is 72.4 Å². The first kappa shape index (κ1) is 26.5. The summed E-state index contributed by atoms with van der Waals surface area (Å²) in [5.74, 6) is 3.58. The zero-order valence-corrected chi connectivity index (χ0v) is 24.2. The largest absolute Gasteiger partial charge is 0.454 e. The molecule has 1 aliphatic rings. The minimum absolute atomic E-state index is 0.0162. The van der Waals surface area contributed by atoms with E-state index in [1.54, 1.807) is 6.07 Å². The number of nitrogens with one attached hydrogen (secondary N) is 1. The van der Waals surface area contributed by atoms with Gasteiger partial charge in [-0.2, -0.15) is 28.6 Å². The van der Waals surface area contributed by atoms with Gasteiger partial charge in [-0.1, -0.05) is 28.1 Å². The average Bonchev–Trinajstić information content (AvgIpc) is 3.60. The first-order chi connectivity index (χ1) is 19.1. The number of thioether (sulfide) groups is 2. The standard InChI is InChI=1S/C30H26BrF2N3OS2/c31-20-3-1-2-19(16-20)29-9-13-39-15-14-38-12-8-23-22-6-10-34-28(22)18-26(33)30(23)37-21-4-5-25(32)24(17-21)27-7-11-36(29)35-27/h1-7,10-11,16-18,29,34H,8-9,12-15H2. The summed E-state index contributed by atoms with van der Waals surface area (Å²) in [5, 5.41) is 5.75. The van der Waals surface area contributed by atoms with Crippen LogP contribution in [0.2, 0.25) is 0 Å². The molecule has 9 heteroatoms. The average molecular weight is 627 g/mol. The molecule has 0 saturated heterocycles. The van der Waals surface area contributed by atoms with Crippen molar-refractivity contribution in [3.05, 3.63) is 100 Å². The number of halogens is 3. The quantitative estimate of drug-likeness (QED) is 0.202. The number of ether oxygens (including phenoxy) is 1. The van der Waals surface area contributed by atoms with Gasteiger partial charge in [-0.3, -0.25) is 4.68 Å². The summed E-state index contributed by atoms with van der Waals surface area (Å²) in [7, 11) is 0. The number of nitrogens with zero attached hydrogens (tertiary/aromatic N) is 2. The zero-order chi connectivity index (χ0) is 26.8. The summed E-state index contributed by atoms with van der Waals surface area (Å²) in [4.78, 5) is 3.11. The third kappa shape index (κ3) is 5.76. The molecule has 4 nitrogen and oxygen atoms in total. The molecular formula is C30H26BrF2N3OS2. The molecular weight excluding hydrogens is 600 g/mol. The Morgan fingerprint density at radius 1 is 0.949 bits per heavy atom. The Labute approximate surface area is 242 Å². The molecule has 1 aliphatic heterocycles. The second-order valence-electron chi connectivity index (χ2n) is 9.36. The maximum Gasteiger partial charge on any atom is 0.168 e. The van der Waals surface area contributed by atoms with Crippen molar-refractivity contribution in [3.63, 3.8) is 0 Å². The SMILES string of the molecule is Fc1ccc2cc1-c1ccn(n1)C(c1cccc(Br)c1)CCSCCSCCc1c(c(F)cc3[nH]ccc13)O2. The van der Waals surface area contributed by atoms with Crippen molar-refractivity contribution >= 4 is 50.4 Å². The number of benzene rings is 3. The smallest absolute Gasteiger partial charge is 0.168 e. The van der Waals surface area contributed by atoms with Crippen LogP contribution in [0.15, 0.2) is 77.5 Å². The van der Waals surface area contributed by atoms with Crippen LogP contribution >= 0.6 is 39.5 Å². The van der Waals surface area contributed by atoms with Crippen LogP contribution in [0, 0.1) is 11.6 Å². The highest BCUT2D eigenvalue weighted by molar-refractivity contribution is 9.10. The van der Waals surface area contributed by atoms with Crippen LogP contribution in [0.3, 0.4) is 0 Å². The highest BCUT2D eigenvalue weighted by Gasteiger charge is 2.20. The number of aromatic nitrogens is 3. The lowest BCUT2D eigenvalue weighted by Crippen LogP contribution is -2.13. The molecule has 1 N–H and O–H groups in total. The molecule has 1 unspecified atom stereocenters. The normalized spacial score (nSPS) is 16.7. The van der Waals surface area contributed by atoms with Gasteiger partial charge in [0.25, 0.3) is 0 Å². The van der Waals surface area contributed by atoms with Gasteiger partial charge < -0.3 is 9.72 Å². The van der Waals surface area contributed by atoms with Crippen LogP contribution in [0.1, 0.15) is 23.6 Å². The number of rotatable bonds is 1. The van der Waals surface area contributed by atoms with Gasteiger partial charge in [-0.15, -0.1) is 0 Å². The highest BCUT2D eigenvalue weighted by Crippen LogP contribution is 2.37. The van der Waals surface area contributed by atoms with Crippen LogP contribution in [-0.4, -0.2) is 37.8 Å². The van der Waals surface area contributed by atoms with Crippen LogP contribution in [0.5, 0.6) is 11.5 Å². The van der Waals surface area contributed by atoms with E-state index in [-0.39, 0.29) is 11.8 Å². The van der Waals surface area contributed by atoms with Crippen molar-refractivity contribution in [2.24, 2.45) is 0 Å². The van der Waals surface area contributed by atoms with E-state index in [0.29, 0.717) is 23.4 Å². The van der Waals surface area contributed by atoms with E-state index >= 15 is 8.78 Å². The molecule has 3 heterocycles. The summed E-state index contributed by atoms with van der Waals surface area (Å²) >= 11 is 7.38. The fourth-order valence-electron chi connectivity index (χ4n) is 4.98. The Bertz CT molecular complexity index is 1620. The Balaban J connectivity index is 1.41. The fourth-order valence-corrected chi connectivity index (χ4v) is 7.48. The maximum absolute atomic E-state index is 15.3. The molecule has 0 radical (unpaired) electrons. The van der Waals surface area contributed by atoms with Gasteiger partial charge >= 0.3 is 0 Å². The van der Waals surface area contributed by atoms with Crippen molar-refractivity contribution in [1.82, 2.24) is 14.8 Å². The molecule has 0 saturated carbocycles. The monoisotopic (exact) mass is 625 g/mol. The van der Waals surface area contributed by atoms with Gasteiger partial charge in [-0.25, -0.2) is 8.78 Å². The summed E-state index contributed by atoms with van der Waals surface area (Å²) in [6.07, 6.45) is 5.28. The summed E-state index contributed by atoms with van der Waals surface area (Å²) in [6.45, 7) is 0. The number of hydrogen-bond donors (Lipinski definition) is 1. The van der Waals surface area contributed by atoms with Crippen molar-refractivity contribution in [3.8, 4) is 22.8 Å². The topological polar surface area (TPSA) is 42.8 Å². The first-order valence-electron chi connectivity index (χ1n) is 12.8. The Morgan fingerprint density at radius 3 is 2.69 bits per heavy atom. The van der Waals surface area contributed by atoms with Crippen LogP contribution in [0.4, 0.5) is 8.78 Å². The van der Waals surface area contributed by atoms with Crippen molar-refractivity contribution in [2.75, 3.05) is 23.0 Å². The van der Waals surface area contributed by atoms with E-state index < -0.39 is 11.6 Å². The number of H-pyrrole nitrogens is 1. The zero-order valence-electron chi connectivity index (χ0n) is 21.0. The molecule has 4 bridgehead atoms. The Morgan fingerprint density at radius 2 is 1.82 bits per heavy atom. The van der Waals surface area contributed by atoms with Crippen molar-refractivity contribution in [1.29, 1.82) is 0 Å². The molecule has 0 aliphatic carbocycles. The predicted octanol–water partition coefficient (Wildman–Crippen LogP) is 8.87. The minimum Gasteiger partial charge on any atom is -0.454 e. The van der Waals surface area contributed by atoms with Crippen LogP contribution in [-0.2, 0) is 6.42 Å². The molecule has 200 valence electrons. The second-order valence-corrected chi connectivity index (χ2v) is 12.7. The van der Waals surface area contributed by atoms with E-state index in [0.717, 1.165) is 55.9 Å². The van der Waals surface area contributed by atoms with Crippen LogP contribution < -0.4 is 4.74 Å². The van der Waals surface area contributed by atoms with Gasteiger partial charge in [0.1, 0.15) is 11.6 Å². The summed E-state index contributed by atoms with van der Waals surface area (Å²) < 4.78 is 39.5.